The minimum absolute atomic E-state index is 0.0719. The van der Waals surface area contributed by atoms with E-state index in [2.05, 4.69) is 38.8 Å². The average molecular weight is 378 g/mol. The maximum Gasteiger partial charge on any atom is 0.321 e. The molecule has 1 aromatic carbocycles. The monoisotopic (exact) mass is 376 g/mol. The van der Waals surface area contributed by atoms with Crippen LogP contribution >= 0.6 is 31.9 Å². The van der Waals surface area contributed by atoms with Gasteiger partial charge in [-0.3, -0.25) is 4.79 Å². The van der Waals surface area contributed by atoms with Crippen molar-refractivity contribution in [3.63, 3.8) is 0 Å². The van der Waals surface area contributed by atoms with Crippen molar-refractivity contribution in [1.82, 2.24) is 0 Å². The van der Waals surface area contributed by atoms with E-state index in [4.69, 9.17) is 4.74 Å². The summed E-state index contributed by atoms with van der Waals surface area (Å²) < 4.78 is 5.23. The molecule has 0 bridgehead atoms. The lowest BCUT2D eigenvalue weighted by molar-refractivity contribution is -0.142. The van der Waals surface area contributed by atoms with Crippen molar-refractivity contribution in [1.29, 1.82) is 0 Å². The number of carbonyl (C=O) groups excluding carboxylic acids is 1. The highest BCUT2D eigenvalue weighted by Gasteiger charge is 2.26. The molecule has 0 heterocycles. The van der Waals surface area contributed by atoms with Gasteiger partial charge in [0.05, 0.1) is 11.4 Å². The molecule has 4 heteroatoms. The first-order valence-electron chi connectivity index (χ1n) is 6.16. The fraction of sp³-hybridized carbons (Fsp3) is 0.500. The summed E-state index contributed by atoms with van der Waals surface area (Å²) in [6, 6.07) is 9.83. The van der Waals surface area contributed by atoms with Gasteiger partial charge in [0.25, 0.3) is 0 Å². The van der Waals surface area contributed by atoms with E-state index < -0.39 is 0 Å². The number of unbranched alkanes of at least 4 members (excludes halogenated alkanes) is 2. The molecule has 1 rings (SSSR count). The van der Waals surface area contributed by atoms with E-state index >= 15 is 0 Å². The summed E-state index contributed by atoms with van der Waals surface area (Å²) in [5.74, 6) is -0.211. The molecular weight excluding hydrogens is 360 g/mol. The smallest absolute Gasteiger partial charge is 0.321 e. The van der Waals surface area contributed by atoms with E-state index in [0.29, 0.717) is 6.61 Å². The number of hydrogen-bond acceptors (Lipinski definition) is 2. The van der Waals surface area contributed by atoms with Gasteiger partial charge in [0.15, 0.2) is 0 Å². The molecule has 0 unspecified atom stereocenters. The van der Waals surface area contributed by atoms with Crippen molar-refractivity contribution < 1.29 is 9.53 Å². The van der Waals surface area contributed by atoms with Crippen LogP contribution in [0.15, 0.2) is 30.3 Å². The molecular formula is C14H18Br2O2. The predicted molar refractivity (Wildman–Crippen MR) is 81.3 cm³/mol. The Morgan fingerprint density at radius 3 is 2.50 bits per heavy atom. The van der Waals surface area contributed by atoms with Crippen LogP contribution in [-0.2, 0) is 9.53 Å². The zero-order chi connectivity index (χ0) is 13.4. The van der Waals surface area contributed by atoms with Gasteiger partial charge in [-0.05, 0) is 12.0 Å². The van der Waals surface area contributed by atoms with Crippen LogP contribution in [0.2, 0.25) is 0 Å². The minimum Gasteiger partial charge on any atom is -0.465 e. The molecule has 2 atom stereocenters. The van der Waals surface area contributed by atoms with Crippen LogP contribution in [0.25, 0.3) is 0 Å². The molecule has 0 fully saturated rings. The summed E-state index contributed by atoms with van der Waals surface area (Å²) in [7, 11) is 0. The third-order valence-corrected chi connectivity index (χ3v) is 5.26. The molecule has 0 aromatic heterocycles. The summed E-state index contributed by atoms with van der Waals surface area (Å²) in [6.45, 7) is 2.63. The van der Waals surface area contributed by atoms with E-state index in [1.165, 1.54) is 0 Å². The SMILES string of the molecule is CCCCCOC(=O)[C@H](Br)[C@@H](Br)c1ccccc1. The van der Waals surface area contributed by atoms with Gasteiger partial charge in [0.2, 0.25) is 0 Å². The maximum absolute atomic E-state index is 11.8. The van der Waals surface area contributed by atoms with E-state index in [1.54, 1.807) is 0 Å². The molecule has 0 saturated carbocycles. The van der Waals surface area contributed by atoms with Gasteiger partial charge >= 0.3 is 5.97 Å². The number of halogens is 2. The second kappa shape index (κ2) is 8.70. The van der Waals surface area contributed by atoms with Gasteiger partial charge in [-0.2, -0.15) is 0 Å². The molecule has 0 saturated heterocycles. The largest absolute Gasteiger partial charge is 0.465 e. The van der Waals surface area contributed by atoms with Crippen molar-refractivity contribution in [3.8, 4) is 0 Å². The number of hydrogen-bond donors (Lipinski definition) is 0. The van der Waals surface area contributed by atoms with E-state index in [1.807, 2.05) is 30.3 Å². The molecule has 1 aromatic rings. The van der Waals surface area contributed by atoms with Gasteiger partial charge in [0, 0.05) is 0 Å². The molecule has 100 valence electrons. The van der Waals surface area contributed by atoms with Gasteiger partial charge in [-0.25, -0.2) is 0 Å². The van der Waals surface area contributed by atoms with Crippen LogP contribution in [0.5, 0.6) is 0 Å². The van der Waals surface area contributed by atoms with Gasteiger partial charge in [0.1, 0.15) is 4.83 Å². The zero-order valence-corrected chi connectivity index (χ0v) is 13.6. The molecule has 0 aliphatic carbocycles. The Morgan fingerprint density at radius 2 is 1.89 bits per heavy atom. The first-order valence-corrected chi connectivity index (χ1v) is 7.99. The Kier molecular flexibility index (Phi) is 7.59. The number of rotatable bonds is 7. The number of esters is 1. The van der Waals surface area contributed by atoms with Crippen LogP contribution in [-0.4, -0.2) is 17.4 Å². The van der Waals surface area contributed by atoms with Crippen LogP contribution in [0.1, 0.15) is 36.6 Å². The average Bonchev–Trinajstić information content (AvgIpc) is 2.42. The molecule has 0 aliphatic rings. The van der Waals surface area contributed by atoms with Crippen LogP contribution in [0.4, 0.5) is 0 Å². The second-order valence-corrected chi connectivity index (χ2v) is 6.06. The number of benzene rings is 1. The first-order chi connectivity index (χ1) is 8.66. The fourth-order valence-electron chi connectivity index (χ4n) is 1.53. The van der Waals surface area contributed by atoms with Crippen LogP contribution in [0.3, 0.4) is 0 Å². The molecule has 0 N–H and O–H groups in total. The molecule has 0 aliphatic heterocycles. The van der Waals surface area contributed by atoms with E-state index in [9.17, 15) is 4.79 Å². The fourth-order valence-corrected chi connectivity index (χ4v) is 2.49. The number of ether oxygens (including phenoxy) is 1. The van der Waals surface area contributed by atoms with E-state index in [0.717, 1.165) is 24.8 Å². The Hall–Kier alpha value is -0.350. The van der Waals surface area contributed by atoms with Crippen molar-refractivity contribution in [2.24, 2.45) is 0 Å². The Labute approximate surface area is 125 Å². The normalized spacial score (nSPS) is 13.9. The highest BCUT2D eigenvalue weighted by atomic mass is 79.9. The standard InChI is InChI=1S/C14H18Br2O2/c1-2-3-7-10-18-14(17)13(16)12(15)11-8-5-4-6-9-11/h4-6,8-9,12-13H,2-3,7,10H2,1H3/t12-,13+/m0/s1. The predicted octanol–water partition coefficient (Wildman–Crippen LogP) is 4.62. The van der Waals surface area contributed by atoms with Crippen LogP contribution in [0, 0.1) is 0 Å². The lowest BCUT2D eigenvalue weighted by Gasteiger charge is -2.16. The summed E-state index contributed by atoms with van der Waals surface area (Å²) >= 11 is 6.92. The second-order valence-electron chi connectivity index (χ2n) is 4.09. The van der Waals surface area contributed by atoms with Gasteiger partial charge in [-0.15, -0.1) is 0 Å². The maximum atomic E-state index is 11.8. The molecule has 0 radical (unpaired) electrons. The zero-order valence-electron chi connectivity index (χ0n) is 10.4. The van der Waals surface area contributed by atoms with E-state index in [-0.39, 0.29) is 15.6 Å². The summed E-state index contributed by atoms with van der Waals surface area (Å²) in [4.78, 5) is 11.4. The lowest BCUT2D eigenvalue weighted by atomic mass is 10.1. The summed E-state index contributed by atoms with van der Waals surface area (Å²) in [5.41, 5.74) is 1.06. The molecule has 18 heavy (non-hydrogen) atoms. The Bertz CT molecular complexity index is 354. The van der Waals surface area contributed by atoms with Crippen molar-refractivity contribution in [2.45, 2.75) is 35.8 Å². The van der Waals surface area contributed by atoms with Crippen molar-refractivity contribution in [3.05, 3.63) is 35.9 Å². The highest BCUT2D eigenvalue weighted by molar-refractivity contribution is 9.12. The Balaban J connectivity index is 2.43. The third-order valence-electron chi connectivity index (χ3n) is 2.59. The lowest BCUT2D eigenvalue weighted by Crippen LogP contribution is -2.22. The molecule has 0 spiro atoms. The summed E-state index contributed by atoms with van der Waals surface area (Å²) in [6.07, 6.45) is 3.15. The minimum atomic E-state index is -0.360. The highest BCUT2D eigenvalue weighted by Crippen LogP contribution is 2.31. The van der Waals surface area contributed by atoms with Crippen molar-refractivity contribution in [2.75, 3.05) is 6.61 Å². The topological polar surface area (TPSA) is 26.3 Å². The Morgan fingerprint density at radius 1 is 1.22 bits per heavy atom. The summed E-state index contributed by atoms with van der Waals surface area (Å²) in [5, 5.41) is 0. The van der Waals surface area contributed by atoms with Crippen molar-refractivity contribution >= 4 is 37.8 Å². The molecule has 0 amide bonds. The third kappa shape index (κ3) is 5.11. The first kappa shape index (κ1) is 15.7. The van der Waals surface area contributed by atoms with Gasteiger partial charge in [-0.1, -0.05) is 82.0 Å². The number of carbonyl (C=O) groups is 1. The van der Waals surface area contributed by atoms with Gasteiger partial charge < -0.3 is 4.74 Å². The molecule has 2 nitrogen and oxygen atoms in total. The van der Waals surface area contributed by atoms with Crippen LogP contribution < -0.4 is 0 Å². The number of alkyl halides is 2. The quantitative estimate of drug-likeness (QED) is 0.393.